The van der Waals surface area contributed by atoms with Gasteiger partial charge in [-0.05, 0) is 51.4 Å². The molecule has 2 unspecified atom stereocenters. The molecule has 0 aliphatic heterocycles. The Bertz CT molecular complexity index is 999. The van der Waals surface area contributed by atoms with Gasteiger partial charge in [0, 0.05) is 19.6 Å². The fraction of sp³-hybridized carbons (Fsp3) is 0.809. The van der Waals surface area contributed by atoms with Gasteiger partial charge in [0.2, 0.25) is 0 Å². The van der Waals surface area contributed by atoms with E-state index in [1.807, 2.05) is 0 Å². The van der Waals surface area contributed by atoms with Crippen LogP contribution >= 0.6 is 7.82 Å². The van der Waals surface area contributed by atoms with Gasteiger partial charge in [-0.15, -0.1) is 0 Å². The predicted octanol–water partition coefficient (Wildman–Crippen LogP) is 14.0. The topological polar surface area (TPSA) is 117 Å². The van der Waals surface area contributed by atoms with Crippen molar-refractivity contribution in [2.45, 2.75) is 213 Å². The molecule has 0 heterocycles. The zero-order valence-electron chi connectivity index (χ0n) is 36.4. The lowest BCUT2D eigenvalue weighted by molar-refractivity contribution is -0.154. The normalized spacial score (nSPS) is 13.9. The molecular formula is C47H88NO7P. The Morgan fingerprint density at radius 2 is 1.00 bits per heavy atom. The summed E-state index contributed by atoms with van der Waals surface area (Å²) in [5.74, 6) is -0.368. The smallest absolute Gasteiger partial charge is 0.457 e. The number of ether oxygens (including phenoxy) is 2. The van der Waals surface area contributed by atoms with Crippen LogP contribution in [0, 0.1) is 0 Å². The number of phosphoric ester groups is 1. The van der Waals surface area contributed by atoms with Crippen molar-refractivity contribution in [1.82, 2.24) is 0 Å². The van der Waals surface area contributed by atoms with Gasteiger partial charge in [0.15, 0.2) is 0 Å². The number of carbonyl (C=O) groups excluding carboxylic acids is 1. The first-order valence-corrected chi connectivity index (χ1v) is 24.6. The van der Waals surface area contributed by atoms with Crippen LogP contribution in [0.4, 0.5) is 0 Å². The summed E-state index contributed by atoms with van der Waals surface area (Å²) in [5.41, 5.74) is 5.37. The molecule has 8 nitrogen and oxygen atoms in total. The van der Waals surface area contributed by atoms with Crippen LogP contribution in [0.2, 0.25) is 0 Å². The van der Waals surface area contributed by atoms with E-state index in [2.05, 4.69) is 62.5 Å². The second-order valence-electron chi connectivity index (χ2n) is 15.2. The summed E-state index contributed by atoms with van der Waals surface area (Å²) in [6.45, 7) is 4.77. The lowest BCUT2D eigenvalue weighted by atomic mass is 10.0. The maximum absolute atomic E-state index is 12.6. The number of unbranched alkanes of at least 4 members (excludes halogenated alkanes) is 23. The third kappa shape index (κ3) is 43.6. The number of phosphoric acid groups is 1. The van der Waals surface area contributed by atoms with Crippen LogP contribution in [-0.4, -0.2) is 49.9 Å². The molecule has 0 radical (unpaired) electrons. The summed E-state index contributed by atoms with van der Waals surface area (Å²) in [7, 11) is -4.29. The molecule has 328 valence electrons. The number of hydrogen-bond donors (Lipinski definition) is 2. The standard InChI is InChI=1S/C47H88NO7P/c1-3-5-7-9-11-13-15-17-19-20-21-22-23-24-25-27-29-31-33-35-37-39-42-52-44-46(45-54-56(50,51)53-43-41-48)55-47(49)40-38-36-34-32-30-28-26-18-16-14-12-10-8-6-4-2/h6,8,12,14,18,26,30,32,46H,3-5,7,9-11,13,15-17,19-25,27-29,31,33-45,48H2,1-2H3,(H,50,51)/b8-6-,14-12-,26-18-,32-30-. The molecular weight excluding hydrogens is 721 g/mol. The van der Waals surface area contributed by atoms with E-state index in [9.17, 15) is 14.3 Å². The SMILES string of the molecule is CC/C=C\C/C=C\C/C=C\C/C=C\CCCCC(=O)OC(COCCCCCCCCCCCCCCCCCCCCCCCC)COP(=O)(O)OCCN. The van der Waals surface area contributed by atoms with Crippen molar-refractivity contribution >= 4 is 13.8 Å². The van der Waals surface area contributed by atoms with E-state index in [0.717, 1.165) is 51.4 Å². The van der Waals surface area contributed by atoms with Crippen LogP contribution in [0.15, 0.2) is 48.6 Å². The van der Waals surface area contributed by atoms with Gasteiger partial charge in [0.1, 0.15) is 6.10 Å². The van der Waals surface area contributed by atoms with E-state index in [1.165, 1.54) is 128 Å². The van der Waals surface area contributed by atoms with Crippen LogP contribution < -0.4 is 5.73 Å². The van der Waals surface area contributed by atoms with Gasteiger partial charge in [-0.3, -0.25) is 13.8 Å². The third-order valence-electron chi connectivity index (χ3n) is 9.76. The molecule has 56 heavy (non-hydrogen) atoms. The van der Waals surface area contributed by atoms with Crippen LogP contribution in [0.5, 0.6) is 0 Å². The van der Waals surface area contributed by atoms with Crippen LogP contribution in [0.3, 0.4) is 0 Å². The molecule has 0 amide bonds. The van der Waals surface area contributed by atoms with Crippen LogP contribution in [0.25, 0.3) is 0 Å². The molecule has 0 aromatic heterocycles. The van der Waals surface area contributed by atoms with Crippen molar-refractivity contribution in [3.05, 3.63) is 48.6 Å². The van der Waals surface area contributed by atoms with Gasteiger partial charge in [0.05, 0.1) is 19.8 Å². The number of rotatable bonds is 44. The molecule has 0 rings (SSSR count). The summed E-state index contributed by atoms with van der Waals surface area (Å²) in [6, 6.07) is 0. The Kier molecular flexibility index (Phi) is 43.3. The van der Waals surface area contributed by atoms with Crippen molar-refractivity contribution in [3.63, 3.8) is 0 Å². The largest absolute Gasteiger partial charge is 0.472 e. The minimum Gasteiger partial charge on any atom is -0.457 e. The van der Waals surface area contributed by atoms with Gasteiger partial charge < -0.3 is 20.1 Å². The van der Waals surface area contributed by atoms with Gasteiger partial charge in [0.25, 0.3) is 0 Å². The van der Waals surface area contributed by atoms with Crippen LogP contribution in [0.1, 0.15) is 206 Å². The predicted molar refractivity (Wildman–Crippen MR) is 238 cm³/mol. The Balaban J connectivity index is 3.98. The molecule has 2 atom stereocenters. The Hall–Kier alpha value is -1.54. The van der Waals surface area contributed by atoms with E-state index in [-0.39, 0.29) is 38.8 Å². The maximum atomic E-state index is 12.6. The molecule has 0 saturated carbocycles. The zero-order valence-corrected chi connectivity index (χ0v) is 37.3. The van der Waals surface area contributed by atoms with E-state index in [1.54, 1.807) is 0 Å². The molecule has 0 aliphatic rings. The molecule has 0 fully saturated rings. The summed E-state index contributed by atoms with van der Waals surface area (Å²) < 4.78 is 33.4. The van der Waals surface area contributed by atoms with Crippen molar-refractivity contribution < 1.29 is 32.8 Å². The highest BCUT2D eigenvalue weighted by Crippen LogP contribution is 2.43. The van der Waals surface area contributed by atoms with Crippen molar-refractivity contribution in [2.75, 3.05) is 33.0 Å². The minimum absolute atomic E-state index is 0.0931. The summed E-state index contributed by atoms with van der Waals surface area (Å²) in [4.78, 5) is 22.5. The molecule has 0 bridgehead atoms. The van der Waals surface area contributed by atoms with Crippen molar-refractivity contribution in [1.29, 1.82) is 0 Å². The van der Waals surface area contributed by atoms with Gasteiger partial charge in [-0.2, -0.15) is 0 Å². The molecule has 0 saturated heterocycles. The molecule has 0 aliphatic carbocycles. The fourth-order valence-electron chi connectivity index (χ4n) is 6.40. The van der Waals surface area contributed by atoms with Crippen molar-refractivity contribution in [3.8, 4) is 0 Å². The van der Waals surface area contributed by atoms with E-state index in [4.69, 9.17) is 24.3 Å². The number of esters is 1. The first-order chi connectivity index (χ1) is 27.4. The average molecular weight is 810 g/mol. The highest BCUT2D eigenvalue weighted by molar-refractivity contribution is 7.47. The summed E-state index contributed by atoms with van der Waals surface area (Å²) >= 11 is 0. The van der Waals surface area contributed by atoms with E-state index < -0.39 is 13.9 Å². The Labute approximate surface area is 345 Å². The first kappa shape index (κ1) is 54.5. The molecule has 9 heteroatoms. The second-order valence-corrected chi connectivity index (χ2v) is 16.7. The number of carbonyl (C=O) groups is 1. The monoisotopic (exact) mass is 810 g/mol. The van der Waals surface area contributed by atoms with Gasteiger partial charge >= 0.3 is 13.8 Å². The van der Waals surface area contributed by atoms with E-state index >= 15 is 0 Å². The first-order valence-electron chi connectivity index (χ1n) is 23.1. The lowest BCUT2D eigenvalue weighted by Crippen LogP contribution is -2.28. The summed E-state index contributed by atoms with van der Waals surface area (Å²) in [5, 5.41) is 0. The highest BCUT2D eigenvalue weighted by Gasteiger charge is 2.25. The molecule has 0 aromatic rings. The average Bonchev–Trinajstić information content (AvgIpc) is 3.19. The van der Waals surface area contributed by atoms with E-state index in [0.29, 0.717) is 13.0 Å². The van der Waals surface area contributed by atoms with Crippen LogP contribution in [-0.2, 0) is 27.9 Å². The second kappa shape index (κ2) is 44.6. The molecule has 0 aromatic carbocycles. The Morgan fingerprint density at radius 1 is 0.554 bits per heavy atom. The quantitative estimate of drug-likeness (QED) is 0.0270. The number of allylic oxidation sites excluding steroid dienone is 8. The van der Waals surface area contributed by atoms with Gasteiger partial charge in [-0.25, -0.2) is 4.57 Å². The molecule has 3 N–H and O–H groups in total. The number of nitrogens with two attached hydrogens (primary N) is 1. The highest BCUT2D eigenvalue weighted by atomic mass is 31.2. The van der Waals surface area contributed by atoms with Gasteiger partial charge in [-0.1, -0.05) is 197 Å². The minimum atomic E-state index is -4.29. The lowest BCUT2D eigenvalue weighted by Gasteiger charge is -2.20. The fourth-order valence-corrected chi connectivity index (χ4v) is 7.17. The third-order valence-corrected chi connectivity index (χ3v) is 10.7. The van der Waals surface area contributed by atoms with Crippen molar-refractivity contribution in [2.24, 2.45) is 5.73 Å². The Morgan fingerprint density at radius 3 is 1.46 bits per heavy atom. The number of hydrogen-bond acceptors (Lipinski definition) is 7. The maximum Gasteiger partial charge on any atom is 0.472 e. The summed E-state index contributed by atoms with van der Waals surface area (Å²) in [6.07, 6.45) is 52.9. The zero-order chi connectivity index (χ0) is 40.9. The molecule has 0 spiro atoms.